The Bertz CT molecular complexity index is 1760. The number of thiazole rings is 1. The minimum Gasteiger partial charge on any atom is -0.497 e. The summed E-state index contributed by atoms with van der Waals surface area (Å²) in [4.78, 5) is 32.2. The minimum absolute atomic E-state index is 0.146. The van der Waals surface area contributed by atoms with E-state index in [4.69, 9.17) is 14.2 Å². The zero-order valence-corrected chi connectivity index (χ0v) is 22.0. The molecule has 4 aromatic rings. The number of methoxy groups -OCH3 is 3. The van der Waals surface area contributed by atoms with Crippen LogP contribution in [0.3, 0.4) is 0 Å². The summed E-state index contributed by atoms with van der Waals surface area (Å²) < 4.78 is 18.7. The van der Waals surface area contributed by atoms with Crippen LogP contribution in [0.15, 0.2) is 75.7 Å². The van der Waals surface area contributed by atoms with E-state index >= 15 is 0 Å². The molecule has 188 valence electrons. The predicted octanol–water partition coefficient (Wildman–Crippen LogP) is 4.00. The molecule has 1 aromatic heterocycles. The number of nitrogens with zero attached hydrogens (tertiary/aromatic N) is 2. The van der Waals surface area contributed by atoms with Crippen LogP contribution in [0.5, 0.6) is 17.2 Å². The highest BCUT2D eigenvalue weighted by molar-refractivity contribution is 7.07. The number of aromatic nitrogens is 1. The molecule has 8 heteroatoms. The number of ketones is 1. The molecule has 0 amide bonds. The SMILES string of the molecule is COc1ccc(/C=c2/sc3n(c2=O)[C@H](c2c(OC)ccc4ccccc24)C(C(C)=O)=C(C)N=3)c(OC)c1. The van der Waals surface area contributed by atoms with E-state index in [2.05, 4.69) is 4.99 Å². The molecule has 0 aliphatic carbocycles. The van der Waals surface area contributed by atoms with Gasteiger partial charge in [0.15, 0.2) is 10.6 Å². The maximum absolute atomic E-state index is 14.0. The van der Waals surface area contributed by atoms with Crippen molar-refractivity contribution in [3.8, 4) is 17.2 Å². The van der Waals surface area contributed by atoms with Gasteiger partial charge in [-0.25, -0.2) is 4.99 Å². The summed E-state index contributed by atoms with van der Waals surface area (Å²) in [6.45, 7) is 3.32. The Kier molecular flexibility index (Phi) is 6.43. The molecule has 0 N–H and O–H groups in total. The quantitative estimate of drug-likeness (QED) is 0.389. The van der Waals surface area contributed by atoms with Crippen LogP contribution in [-0.2, 0) is 4.79 Å². The molecule has 0 radical (unpaired) electrons. The van der Waals surface area contributed by atoms with Crippen molar-refractivity contribution >= 4 is 34.0 Å². The summed E-state index contributed by atoms with van der Waals surface area (Å²) in [6.07, 6.45) is 1.78. The van der Waals surface area contributed by atoms with E-state index in [0.29, 0.717) is 37.9 Å². The van der Waals surface area contributed by atoms with Crippen LogP contribution >= 0.6 is 11.3 Å². The summed E-state index contributed by atoms with van der Waals surface area (Å²) in [7, 11) is 4.75. The monoisotopic (exact) mass is 514 g/mol. The average molecular weight is 515 g/mol. The molecule has 37 heavy (non-hydrogen) atoms. The Hall–Kier alpha value is -4.17. The number of carbonyl (C=O) groups excluding carboxylic acids is 1. The lowest BCUT2D eigenvalue weighted by Gasteiger charge is -2.27. The molecule has 0 bridgehead atoms. The molecule has 3 aromatic carbocycles. The maximum atomic E-state index is 14.0. The Balaban J connectivity index is 1.83. The highest BCUT2D eigenvalue weighted by atomic mass is 32.1. The van der Waals surface area contributed by atoms with Gasteiger partial charge in [-0.2, -0.15) is 0 Å². The van der Waals surface area contributed by atoms with E-state index < -0.39 is 6.04 Å². The molecule has 0 saturated heterocycles. The zero-order chi connectivity index (χ0) is 26.3. The normalized spacial score (nSPS) is 15.4. The fourth-order valence-corrected chi connectivity index (χ4v) is 5.90. The second-order valence-electron chi connectivity index (χ2n) is 8.65. The van der Waals surface area contributed by atoms with Crippen LogP contribution < -0.4 is 29.1 Å². The van der Waals surface area contributed by atoms with Crippen molar-refractivity contribution in [3.05, 3.63) is 96.7 Å². The summed E-state index contributed by atoms with van der Waals surface area (Å²) in [5, 5.41) is 1.90. The van der Waals surface area contributed by atoms with Gasteiger partial charge in [0.05, 0.1) is 31.9 Å². The fourth-order valence-electron chi connectivity index (χ4n) is 4.86. The maximum Gasteiger partial charge on any atom is 0.271 e. The van der Waals surface area contributed by atoms with E-state index in [1.807, 2.05) is 55.5 Å². The number of Topliss-reactive ketones (excluding diaryl/α,β-unsaturated/α-hetero) is 1. The molecule has 0 unspecified atom stereocenters. The smallest absolute Gasteiger partial charge is 0.271 e. The van der Waals surface area contributed by atoms with Gasteiger partial charge in [0.2, 0.25) is 0 Å². The standard InChI is InChI=1S/C29H26N2O5S/c1-16-25(17(2)32)27(26-21-9-7-6-8-18(21)11-13-22(26)35-4)31-28(33)24(37-29(31)30-16)14-19-10-12-20(34-3)15-23(19)36-5/h6-15,27H,1-5H3/b24-14+/t27-/m0/s1. The highest BCUT2D eigenvalue weighted by Crippen LogP contribution is 2.40. The van der Waals surface area contributed by atoms with Gasteiger partial charge in [-0.15, -0.1) is 0 Å². The molecule has 0 fully saturated rings. The zero-order valence-electron chi connectivity index (χ0n) is 21.2. The molecule has 1 aliphatic heterocycles. The van der Waals surface area contributed by atoms with Crippen molar-refractivity contribution in [2.75, 3.05) is 21.3 Å². The van der Waals surface area contributed by atoms with Gasteiger partial charge in [-0.1, -0.05) is 41.7 Å². The number of ether oxygens (including phenoxy) is 3. The number of hydrogen-bond acceptors (Lipinski definition) is 7. The molecule has 1 atom stereocenters. The van der Waals surface area contributed by atoms with Gasteiger partial charge >= 0.3 is 0 Å². The number of carbonyl (C=O) groups is 1. The van der Waals surface area contributed by atoms with Crippen molar-refractivity contribution in [2.45, 2.75) is 19.9 Å². The van der Waals surface area contributed by atoms with Gasteiger partial charge in [0, 0.05) is 28.5 Å². The first kappa shape index (κ1) is 24.5. The van der Waals surface area contributed by atoms with Gasteiger partial charge in [0.25, 0.3) is 5.56 Å². The van der Waals surface area contributed by atoms with Crippen molar-refractivity contribution in [1.29, 1.82) is 0 Å². The number of fused-ring (bicyclic) bond motifs is 2. The number of rotatable bonds is 6. The van der Waals surface area contributed by atoms with Crippen LogP contribution in [0.4, 0.5) is 0 Å². The molecular weight excluding hydrogens is 488 g/mol. The lowest BCUT2D eigenvalue weighted by atomic mass is 9.89. The summed E-state index contributed by atoms with van der Waals surface area (Å²) in [6, 6.07) is 16.5. The number of allylic oxidation sites excluding steroid dienone is 2. The fraction of sp³-hybridized carbons (Fsp3) is 0.207. The van der Waals surface area contributed by atoms with Crippen molar-refractivity contribution in [3.63, 3.8) is 0 Å². The molecule has 0 spiro atoms. The van der Waals surface area contributed by atoms with Gasteiger partial charge in [-0.3, -0.25) is 14.2 Å². The van der Waals surface area contributed by atoms with Crippen LogP contribution in [0.2, 0.25) is 0 Å². The van der Waals surface area contributed by atoms with Crippen LogP contribution in [0.1, 0.15) is 31.0 Å². The van der Waals surface area contributed by atoms with Gasteiger partial charge < -0.3 is 14.2 Å². The molecule has 0 saturated carbocycles. The largest absolute Gasteiger partial charge is 0.497 e. The lowest BCUT2D eigenvalue weighted by molar-refractivity contribution is -0.114. The Morgan fingerprint density at radius 3 is 2.46 bits per heavy atom. The van der Waals surface area contributed by atoms with E-state index in [-0.39, 0.29) is 11.3 Å². The third-order valence-electron chi connectivity index (χ3n) is 6.55. The highest BCUT2D eigenvalue weighted by Gasteiger charge is 2.33. The average Bonchev–Trinajstić information content (AvgIpc) is 3.21. The Labute approximate surface area is 217 Å². The second-order valence-corrected chi connectivity index (χ2v) is 9.66. The lowest BCUT2D eigenvalue weighted by Crippen LogP contribution is -2.39. The van der Waals surface area contributed by atoms with E-state index in [9.17, 15) is 9.59 Å². The van der Waals surface area contributed by atoms with Crippen molar-refractivity contribution in [1.82, 2.24) is 4.57 Å². The number of benzene rings is 3. The summed E-state index contributed by atoms with van der Waals surface area (Å²) >= 11 is 1.28. The Morgan fingerprint density at radius 2 is 1.76 bits per heavy atom. The van der Waals surface area contributed by atoms with E-state index in [0.717, 1.165) is 21.9 Å². The van der Waals surface area contributed by atoms with Crippen molar-refractivity contribution in [2.24, 2.45) is 4.99 Å². The third-order valence-corrected chi connectivity index (χ3v) is 7.54. The summed E-state index contributed by atoms with van der Waals surface area (Å²) in [5.41, 5.74) is 2.30. The Morgan fingerprint density at radius 1 is 1.00 bits per heavy atom. The van der Waals surface area contributed by atoms with Gasteiger partial charge in [-0.05, 0) is 48.9 Å². The summed E-state index contributed by atoms with van der Waals surface area (Å²) in [5.74, 6) is 1.69. The first-order valence-electron chi connectivity index (χ1n) is 11.7. The van der Waals surface area contributed by atoms with Gasteiger partial charge in [0.1, 0.15) is 17.2 Å². The first-order chi connectivity index (χ1) is 17.9. The number of hydrogen-bond donors (Lipinski definition) is 0. The molecular formula is C29H26N2O5S. The topological polar surface area (TPSA) is 79.1 Å². The van der Waals surface area contributed by atoms with Crippen LogP contribution in [0, 0.1) is 0 Å². The molecule has 2 heterocycles. The molecule has 7 nitrogen and oxygen atoms in total. The van der Waals surface area contributed by atoms with Crippen molar-refractivity contribution < 1.29 is 19.0 Å². The first-order valence-corrected chi connectivity index (χ1v) is 12.5. The third kappa shape index (κ3) is 4.13. The predicted molar refractivity (Wildman–Crippen MR) is 144 cm³/mol. The molecule has 5 rings (SSSR count). The second kappa shape index (κ2) is 9.71. The van der Waals surface area contributed by atoms with E-state index in [1.165, 1.54) is 18.3 Å². The van der Waals surface area contributed by atoms with Crippen LogP contribution in [-0.4, -0.2) is 31.7 Å². The molecule has 1 aliphatic rings. The minimum atomic E-state index is -0.685. The van der Waals surface area contributed by atoms with E-state index in [1.54, 1.807) is 38.0 Å². The van der Waals surface area contributed by atoms with Crippen LogP contribution in [0.25, 0.3) is 16.8 Å².